The molecule has 4 aromatic carbocycles. The van der Waals surface area contributed by atoms with Crippen molar-refractivity contribution in [3.8, 4) is 11.8 Å². The molecular formula is C30H22ClFN4O4. The van der Waals surface area contributed by atoms with E-state index in [-0.39, 0.29) is 29.0 Å². The summed E-state index contributed by atoms with van der Waals surface area (Å²) in [7, 11) is 0. The minimum Gasteiger partial charge on any atom is -0.493 e. The SMILES string of the molecule is O=Nc1c(O)n(Cc2ccc(F)cc2)c2ccc(Cl)cc12.O=Nc1c(O)n(Cc2ccccc2)c2ccccc12. The summed E-state index contributed by atoms with van der Waals surface area (Å²) in [6.45, 7) is 0.794. The lowest BCUT2D eigenvalue weighted by atomic mass is 10.2. The van der Waals surface area contributed by atoms with Crippen molar-refractivity contribution in [2.45, 2.75) is 13.1 Å². The van der Waals surface area contributed by atoms with E-state index in [4.69, 9.17) is 11.6 Å². The van der Waals surface area contributed by atoms with E-state index in [9.17, 15) is 24.4 Å². The van der Waals surface area contributed by atoms with Crippen molar-refractivity contribution in [2.24, 2.45) is 10.4 Å². The number of halogens is 2. The lowest BCUT2D eigenvalue weighted by molar-refractivity contribution is 0.429. The molecule has 0 spiro atoms. The number of para-hydroxylation sites is 1. The largest absolute Gasteiger partial charge is 0.493 e. The van der Waals surface area contributed by atoms with Crippen LogP contribution in [0.2, 0.25) is 5.02 Å². The predicted octanol–water partition coefficient (Wildman–Crippen LogP) is 8.38. The fourth-order valence-corrected chi connectivity index (χ4v) is 4.78. The summed E-state index contributed by atoms with van der Waals surface area (Å²) in [4.78, 5) is 21.8. The molecule has 0 radical (unpaired) electrons. The van der Waals surface area contributed by atoms with Gasteiger partial charge >= 0.3 is 0 Å². The van der Waals surface area contributed by atoms with E-state index in [1.165, 1.54) is 16.7 Å². The van der Waals surface area contributed by atoms with Gasteiger partial charge in [0.25, 0.3) is 0 Å². The smallest absolute Gasteiger partial charge is 0.222 e. The van der Waals surface area contributed by atoms with E-state index in [1.807, 2.05) is 48.5 Å². The molecule has 8 nitrogen and oxygen atoms in total. The molecule has 10 heteroatoms. The van der Waals surface area contributed by atoms with E-state index >= 15 is 0 Å². The topological polar surface area (TPSA) is 109 Å². The zero-order valence-electron chi connectivity index (χ0n) is 20.9. The van der Waals surface area contributed by atoms with Gasteiger partial charge in [-0.1, -0.05) is 72.3 Å². The Morgan fingerprint density at radius 3 is 1.80 bits per heavy atom. The average Bonchev–Trinajstić information content (AvgIpc) is 3.39. The van der Waals surface area contributed by atoms with Gasteiger partial charge in [-0.3, -0.25) is 0 Å². The highest BCUT2D eigenvalue weighted by molar-refractivity contribution is 6.31. The third-order valence-electron chi connectivity index (χ3n) is 6.51. The van der Waals surface area contributed by atoms with Crippen LogP contribution in [-0.4, -0.2) is 19.3 Å². The van der Waals surface area contributed by atoms with Crippen molar-refractivity contribution in [3.63, 3.8) is 0 Å². The van der Waals surface area contributed by atoms with Gasteiger partial charge in [-0.05, 0) is 57.9 Å². The van der Waals surface area contributed by atoms with E-state index in [2.05, 4.69) is 10.4 Å². The average molecular weight is 557 g/mol. The fourth-order valence-electron chi connectivity index (χ4n) is 4.61. The molecule has 2 N–H and O–H groups in total. The van der Waals surface area contributed by atoms with E-state index in [1.54, 1.807) is 41.0 Å². The van der Waals surface area contributed by atoms with Crippen LogP contribution in [0.15, 0.2) is 107 Å². The van der Waals surface area contributed by atoms with Crippen LogP contribution in [0, 0.1) is 15.6 Å². The van der Waals surface area contributed by atoms with Crippen LogP contribution in [0.3, 0.4) is 0 Å². The van der Waals surface area contributed by atoms with E-state index in [0.29, 0.717) is 34.4 Å². The molecule has 0 aliphatic heterocycles. The lowest BCUT2D eigenvalue weighted by Crippen LogP contribution is -1.98. The maximum Gasteiger partial charge on any atom is 0.222 e. The Hall–Kier alpha value is -5.02. The van der Waals surface area contributed by atoms with Crippen molar-refractivity contribution in [3.05, 3.63) is 129 Å². The number of nitroso groups, excluding NO2 is 2. The molecule has 0 aliphatic carbocycles. The number of nitrogens with zero attached hydrogens (tertiary/aromatic N) is 4. The van der Waals surface area contributed by atoms with Crippen molar-refractivity contribution < 1.29 is 14.6 Å². The molecule has 2 aromatic heterocycles. The van der Waals surface area contributed by atoms with Gasteiger partial charge < -0.3 is 19.3 Å². The van der Waals surface area contributed by atoms with Crippen LogP contribution in [-0.2, 0) is 13.1 Å². The molecular weight excluding hydrogens is 535 g/mol. The highest BCUT2D eigenvalue weighted by Gasteiger charge is 2.18. The van der Waals surface area contributed by atoms with Crippen LogP contribution >= 0.6 is 11.6 Å². The van der Waals surface area contributed by atoms with Gasteiger partial charge in [0, 0.05) is 15.8 Å². The van der Waals surface area contributed by atoms with Crippen LogP contribution in [0.25, 0.3) is 21.8 Å². The molecule has 6 rings (SSSR count). The van der Waals surface area contributed by atoms with Gasteiger partial charge in [0.1, 0.15) is 5.82 Å². The van der Waals surface area contributed by atoms with Crippen molar-refractivity contribution >= 4 is 44.8 Å². The van der Waals surface area contributed by atoms with E-state index < -0.39 is 0 Å². The highest BCUT2D eigenvalue weighted by atomic mass is 35.5. The first-order valence-electron chi connectivity index (χ1n) is 12.2. The summed E-state index contributed by atoms with van der Waals surface area (Å²) in [5.74, 6) is -0.644. The van der Waals surface area contributed by atoms with E-state index in [0.717, 1.165) is 16.6 Å². The normalized spacial score (nSPS) is 10.8. The second kappa shape index (κ2) is 11.4. The second-order valence-corrected chi connectivity index (χ2v) is 9.43. The second-order valence-electron chi connectivity index (χ2n) is 8.99. The molecule has 0 unspecified atom stereocenters. The van der Waals surface area contributed by atoms with Crippen molar-refractivity contribution in [1.29, 1.82) is 0 Å². The van der Waals surface area contributed by atoms with Gasteiger partial charge in [-0.2, -0.15) is 0 Å². The molecule has 0 atom stereocenters. The summed E-state index contributed by atoms with van der Waals surface area (Å²) < 4.78 is 16.2. The Labute approximate surface area is 232 Å². The van der Waals surface area contributed by atoms with Gasteiger partial charge in [-0.25, -0.2) is 4.39 Å². The highest BCUT2D eigenvalue weighted by Crippen LogP contribution is 2.40. The Bertz CT molecular complexity index is 1830. The minimum absolute atomic E-state index is 0.0467. The summed E-state index contributed by atoms with van der Waals surface area (Å²) in [5.41, 5.74) is 3.34. The maximum absolute atomic E-state index is 12.9. The molecule has 40 heavy (non-hydrogen) atoms. The standard InChI is InChI=1S/C15H10ClFN2O2.C15H12N2O2/c16-10-3-6-13-12(7-10)14(18-21)15(20)19(13)8-9-1-4-11(17)5-2-9;18-15-14(16-19)12-8-4-5-9-13(12)17(15)10-11-6-2-1-3-7-11/h1-7,20H,8H2;1-9,18H,10H2. The first-order valence-corrected chi connectivity index (χ1v) is 12.5. The molecule has 0 saturated heterocycles. The number of benzene rings is 4. The zero-order valence-corrected chi connectivity index (χ0v) is 21.7. The fraction of sp³-hybridized carbons (Fsp3) is 0.0667. The third-order valence-corrected chi connectivity index (χ3v) is 6.74. The lowest BCUT2D eigenvalue weighted by Gasteiger charge is -2.07. The predicted molar refractivity (Wildman–Crippen MR) is 154 cm³/mol. The number of aromatic nitrogens is 2. The Kier molecular flexibility index (Phi) is 7.56. The quantitative estimate of drug-likeness (QED) is 0.201. The summed E-state index contributed by atoms with van der Waals surface area (Å²) in [5, 5.41) is 27.7. The van der Waals surface area contributed by atoms with Gasteiger partial charge in [-0.15, -0.1) is 9.81 Å². The van der Waals surface area contributed by atoms with Crippen molar-refractivity contribution in [2.75, 3.05) is 0 Å². The third kappa shape index (κ3) is 5.14. The maximum atomic E-state index is 12.9. The summed E-state index contributed by atoms with van der Waals surface area (Å²) in [6.07, 6.45) is 0. The monoisotopic (exact) mass is 556 g/mol. The van der Waals surface area contributed by atoms with Gasteiger partial charge in [0.05, 0.1) is 24.1 Å². The molecule has 0 bridgehead atoms. The van der Waals surface area contributed by atoms with Crippen LogP contribution in [0.4, 0.5) is 15.8 Å². The number of aromatic hydroxyl groups is 2. The first kappa shape index (κ1) is 26.6. The van der Waals surface area contributed by atoms with Crippen LogP contribution < -0.4 is 0 Å². The summed E-state index contributed by atoms with van der Waals surface area (Å²) in [6, 6.07) is 28.0. The number of fused-ring (bicyclic) bond motifs is 2. The van der Waals surface area contributed by atoms with Crippen molar-refractivity contribution in [1.82, 2.24) is 9.13 Å². The molecule has 0 fully saturated rings. The Morgan fingerprint density at radius 2 is 1.18 bits per heavy atom. The molecule has 0 aliphatic rings. The number of hydrogen-bond donors (Lipinski definition) is 2. The molecule has 2 heterocycles. The van der Waals surface area contributed by atoms with Crippen LogP contribution in [0.5, 0.6) is 11.8 Å². The number of rotatable bonds is 6. The first-order chi connectivity index (χ1) is 19.4. The molecule has 0 saturated carbocycles. The van der Waals surface area contributed by atoms with Crippen LogP contribution in [0.1, 0.15) is 11.1 Å². The Balaban J connectivity index is 0.000000162. The number of hydrogen-bond acceptors (Lipinski definition) is 6. The van der Waals surface area contributed by atoms with Gasteiger partial charge in [0.2, 0.25) is 11.8 Å². The molecule has 0 amide bonds. The molecule has 6 aromatic rings. The minimum atomic E-state index is -0.331. The molecule has 200 valence electrons. The zero-order chi connectivity index (χ0) is 28.2. The Morgan fingerprint density at radius 1 is 0.650 bits per heavy atom. The summed E-state index contributed by atoms with van der Waals surface area (Å²) >= 11 is 5.91. The van der Waals surface area contributed by atoms with Gasteiger partial charge in [0.15, 0.2) is 11.4 Å².